The predicted octanol–water partition coefficient (Wildman–Crippen LogP) is 3.53. The number of anilines is 1. The number of rotatable bonds is 3. The van der Waals surface area contributed by atoms with Gasteiger partial charge in [0.15, 0.2) is 5.82 Å². The minimum absolute atomic E-state index is 0.472. The molecule has 0 radical (unpaired) electrons. The van der Waals surface area contributed by atoms with Crippen LogP contribution in [-0.4, -0.2) is 10.1 Å². The Kier molecular flexibility index (Phi) is 3.44. The summed E-state index contributed by atoms with van der Waals surface area (Å²) in [6, 6.07) is 14.0. The highest BCUT2D eigenvalue weighted by Gasteiger charge is 2.12. The van der Waals surface area contributed by atoms with E-state index in [-0.39, 0.29) is 0 Å². The summed E-state index contributed by atoms with van der Waals surface area (Å²) in [6.45, 7) is 4.09. The van der Waals surface area contributed by atoms with E-state index in [0.717, 1.165) is 11.1 Å². The van der Waals surface area contributed by atoms with Gasteiger partial charge in [-0.25, -0.2) is 0 Å². The molecule has 3 rings (SSSR count). The molecule has 0 aliphatic heterocycles. The van der Waals surface area contributed by atoms with Crippen molar-refractivity contribution in [2.45, 2.75) is 20.3 Å². The van der Waals surface area contributed by atoms with E-state index in [9.17, 15) is 0 Å². The number of nitrogens with two attached hydrogens (primary N) is 1. The van der Waals surface area contributed by atoms with Crippen LogP contribution in [0.15, 0.2) is 47.0 Å². The van der Waals surface area contributed by atoms with Crippen LogP contribution in [-0.2, 0) is 6.42 Å². The first kappa shape index (κ1) is 13.4. The molecule has 0 aliphatic rings. The van der Waals surface area contributed by atoms with Gasteiger partial charge in [0.2, 0.25) is 0 Å². The third-order valence-corrected chi connectivity index (χ3v) is 3.52. The average Bonchev–Trinajstić information content (AvgIpc) is 2.92. The van der Waals surface area contributed by atoms with Crippen molar-refractivity contribution >= 4 is 5.69 Å². The van der Waals surface area contributed by atoms with Gasteiger partial charge in [0.1, 0.15) is 0 Å². The molecule has 2 aromatic carbocycles. The third-order valence-electron chi connectivity index (χ3n) is 3.52. The molecule has 2 N–H and O–H groups in total. The Bertz CT molecular complexity index is 777. The Morgan fingerprint density at radius 2 is 1.90 bits per heavy atom. The van der Waals surface area contributed by atoms with Gasteiger partial charge < -0.3 is 10.3 Å². The van der Waals surface area contributed by atoms with Crippen molar-refractivity contribution in [3.8, 4) is 11.5 Å². The summed E-state index contributed by atoms with van der Waals surface area (Å²) >= 11 is 0. The second kappa shape index (κ2) is 5.40. The number of benzene rings is 2. The lowest BCUT2D eigenvalue weighted by atomic mass is 10.1. The van der Waals surface area contributed by atoms with Crippen LogP contribution < -0.4 is 5.73 Å². The van der Waals surface area contributed by atoms with Crippen molar-refractivity contribution in [2.24, 2.45) is 0 Å². The molecule has 0 bridgehead atoms. The fourth-order valence-corrected chi connectivity index (χ4v) is 2.27. The SMILES string of the molecule is Cc1ccc(N)c(-c2nc(Cc3ccccc3C)no2)c1. The average molecular weight is 279 g/mol. The molecule has 0 amide bonds. The van der Waals surface area contributed by atoms with Crippen LogP contribution in [0.5, 0.6) is 0 Å². The standard InChI is InChI=1S/C17H17N3O/c1-11-7-8-15(18)14(9-11)17-19-16(20-21-17)10-13-6-4-3-5-12(13)2/h3-9H,10,18H2,1-2H3. The molecule has 4 nitrogen and oxygen atoms in total. The maximum Gasteiger partial charge on any atom is 0.260 e. The molecule has 0 spiro atoms. The third kappa shape index (κ3) is 2.79. The van der Waals surface area contributed by atoms with Gasteiger partial charge in [-0.05, 0) is 37.1 Å². The number of nitrogens with zero attached hydrogens (tertiary/aromatic N) is 2. The minimum Gasteiger partial charge on any atom is -0.398 e. The van der Waals surface area contributed by atoms with E-state index in [4.69, 9.17) is 10.3 Å². The highest BCUT2D eigenvalue weighted by atomic mass is 16.5. The summed E-state index contributed by atoms with van der Waals surface area (Å²) in [4.78, 5) is 4.46. The first-order chi connectivity index (χ1) is 10.1. The highest BCUT2D eigenvalue weighted by Crippen LogP contribution is 2.25. The van der Waals surface area contributed by atoms with Crippen LogP contribution in [0.4, 0.5) is 5.69 Å². The summed E-state index contributed by atoms with van der Waals surface area (Å²) < 4.78 is 5.36. The quantitative estimate of drug-likeness (QED) is 0.745. The molecular formula is C17H17N3O. The first-order valence-electron chi connectivity index (χ1n) is 6.87. The molecule has 0 unspecified atom stereocenters. The lowest BCUT2D eigenvalue weighted by molar-refractivity contribution is 0.424. The van der Waals surface area contributed by atoms with Crippen molar-refractivity contribution in [1.82, 2.24) is 10.1 Å². The Morgan fingerprint density at radius 3 is 2.71 bits per heavy atom. The van der Waals surface area contributed by atoms with Gasteiger partial charge in [-0.1, -0.05) is 41.1 Å². The molecule has 21 heavy (non-hydrogen) atoms. The number of hydrogen-bond donors (Lipinski definition) is 1. The number of hydrogen-bond acceptors (Lipinski definition) is 4. The van der Waals surface area contributed by atoms with Crippen molar-refractivity contribution in [2.75, 3.05) is 5.73 Å². The lowest BCUT2D eigenvalue weighted by Crippen LogP contribution is -1.94. The maximum absolute atomic E-state index is 5.98. The minimum atomic E-state index is 0.472. The highest BCUT2D eigenvalue weighted by molar-refractivity contribution is 5.71. The molecule has 3 aromatic rings. The Balaban J connectivity index is 1.90. The van der Waals surface area contributed by atoms with Crippen molar-refractivity contribution in [3.05, 3.63) is 65.0 Å². The molecule has 4 heteroatoms. The fraction of sp³-hybridized carbons (Fsp3) is 0.176. The van der Waals surface area contributed by atoms with Gasteiger partial charge >= 0.3 is 0 Å². The fourth-order valence-electron chi connectivity index (χ4n) is 2.27. The topological polar surface area (TPSA) is 64.9 Å². The smallest absolute Gasteiger partial charge is 0.260 e. The van der Waals surface area contributed by atoms with E-state index in [1.165, 1.54) is 11.1 Å². The molecular weight excluding hydrogens is 262 g/mol. The van der Waals surface area contributed by atoms with Crippen LogP contribution in [0.2, 0.25) is 0 Å². The van der Waals surface area contributed by atoms with Crippen LogP contribution in [0.1, 0.15) is 22.5 Å². The zero-order valence-electron chi connectivity index (χ0n) is 12.1. The van der Waals surface area contributed by atoms with E-state index in [1.54, 1.807) is 0 Å². The second-order valence-electron chi connectivity index (χ2n) is 5.21. The van der Waals surface area contributed by atoms with Gasteiger partial charge in [-0.3, -0.25) is 0 Å². The molecule has 0 saturated carbocycles. The van der Waals surface area contributed by atoms with Crippen LogP contribution in [0.3, 0.4) is 0 Å². The van der Waals surface area contributed by atoms with E-state index in [2.05, 4.69) is 29.2 Å². The first-order valence-corrected chi connectivity index (χ1v) is 6.87. The monoisotopic (exact) mass is 279 g/mol. The predicted molar refractivity (Wildman–Crippen MR) is 82.9 cm³/mol. The molecule has 1 aromatic heterocycles. The maximum atomic E-state index is 5.98. The molecule has 106 valence electrons. The number of aryl methyl sites for hydroxylation is 2. The number of aromatic nitrogens is 2. The Labute approximate surface area is 123 Å². The van der Waals surface area contributed by atoms with Gasteiger partial charge in [0, 0.05) is 12.1 Å². The lowest BCUT2D eigenvalue weighted by Gasteiger charge is -2.02. The van der Waals surface area contributed by atoms with Gasteiger partial charge in [0.25, 0.3) is 5.89 Å². The van der Waals surface area contributed by atoms with Crippen molar-refractivity contribution in [1.29, 1.82) is 0 Å². The van der Waals surface area contributed by atoms with Crippen LogP contribution >= 0.6 is 0 Å². The summed E-state index contributed by atoms with van der Waals surface area (Å²) in [5, 5.41) is 4.06. The molecule has 1 heterocycles. The summed E-state index contributed by atoms with van der Waals surface area (Å²) in [6.07, 6.45) is 0.655. The van der Waals surface area contributed by atoms with Crippen LogP contribution in [0, 0.1) is 13.8 Å². The summed E-state index contributed by atoms with van der Waals surface area (Å²) in [7, 11) is 0. The van der Waals surface area contributed by atoms with Crippen molar-refractivity contribution in [3.63, 3.8) is 0 Å². The normalized spacial score (nSPS) is 10.8. The zero-order chi connectivity index (χ0) is 14.8. The van der Waals surface area contributed by atoms with Gasteiger partial charge in [-0.15, -0.1) is 0 Å². The zero-order valence-corrected chi connectivity index (χ0v) is 12.1. The summed E-state index contributed by atoms with van der Waals surface area (Å²) in [5.74, 6) is 1.14. The molecule has 0 atom stereocenters. The van der Waals surface area contributed by atoms with E-state index in [0.29, 0.717) is 23.8 Å². The largest absolute Gasteiger partial charge is 0.398 e. The van der Waals surface area contributed by atoms with E-state index in [1.807, 2.05) is 37.3 Å². The Hall–Kier alpha value is -2.62. The van der Waals surface area contributed by atoms with Crippen molar-refractivity contribution < 1.29 is 4.52 Å². The van der Waals surface area contributed by atoms with Gasteiger partial charge in [-0.2, -0.15) is 4.98 Å². The van der Waals surface area contributed by atoms with Gasteiger partial charge in [0.05, 0.1) is 5.56 Å². The summed E-state index contributed by atoms with van der Waals surface area (Å²) in [5.41, 5.74) is 10.9. The van der Waals surface area contributed by atoms with E-state index >= 15 is 0 Å². The molecule has 0 fully saturated rings. The Morgan fingerprint density at radius 1 is 1.10 bits per heavy atom. The number of nitrogen functional groups attached to an aromatic ring is 1. The van der Waals surface area contributed by atoms with Crippen LogP contribution in [0.25, 0.3) is 11.5 Å². The molecule has 0 saturated heterocycles. The molecule has 0 aliphatic carbocycles. The van der Waals surface area contributed by atoms with E-state index < -0.39 is 0 Å². The second-order valence-corrected chi connectivity index (χ2v) is 5.21.